The molecule has 0 aliphatic carbocycles. The first kappa shape index (κ1) is 25.7. The number of aromatic nitrogens is 2. The van der Waals surface area contributed by atoms with Crippen molar-refractivity contribution in [3.8, 4) is 23.3 Å². The summed E-state index contributed by atoms with van der Waals surface area (Å²) in [5.41, 5.74) is 0.306. The number of ether oxygens (including phenoxy) is 3. The zero-order valence-electron chi connectivity index (χ0n) is 18.9. The average molecular weight is 515 g/mol. The van der Waals surface area contributed by atoms with Gasteiger partial charge in [-0.05, 0) is 35.9 Å². The number of benzene rings is 2. The smallest absolute Gasteiger partial charge is 0.268 e. The van der Waals surface area contributed by atoms with Crippen LogP contribution in [0, 0.1) is 11.3 Å². The van der Waals surface area contributed by atoms with Gasteiger partial charge in [0.1, 0.15) is 30.6 Å². The molecule has 1 aromatic heterocycles. The third-order valence-electron chi connectivity index (χ3n) is 4.50. The van der Waals surface area contributed by atoms with Crippen LogP contribution >= 0.6 is 11.5 Å². The standard InChI is InChI=1S/C23H22N4O6S2/c1-3-35(29,30)23-26-22(34-27-23)25-21(28)17(15-24)13-16-9-10-19(20(14-16)31-2)33-12-11-32-18-7-5-4-6-8-18/h4-10,13-14H,3,11-12H2,1-2H3,(H,25,26,27,28). The van der Waals surface area contributed by atoms with Gasteiger partial charge in [0.15, 0.2) is 11.5 Å². The van der Waals surface area contributed by atoms with Crippen LogP contribution in [0.15, 0.2) is 59.3 Å². The number of hydrogen-bond donors (Lipinski definition) is 1. The maximum Gasteiger partial charge on any atom is 0.268 e. The Morgan fingerprint density at radius 3 is 2.57 bits per heavy atom. The number of nitrogens with zero attached hydrogens (tertiary/aromatic N) is 3. The number of carbonyl (C=O) groups is 1. The van der Waals surface area contributed by atoms with Crippen molar-refractivity contribution in [3.05, 3.63) is 59.7 Å². The monoisotopic (exact) mass is 514 g/mol. The van der Waals surface area contributed by atoms with Crippen molar-refractivity contribution < 1.29 is 27.4 Å². The van der Waals surface area contributed by atoms with Gasteiger partial charge in [0.25, 0.3) is 11.1 Å². The highest BCUT2D eigenvalue weighted by atomic mass is 32.2. The van der Waals surface area contributed by atoms with Crippen LogP contribution in [0.2, 0.25) is 0 Å². The summed E-state index contributed by atoms with van der Waals surface area (Å²) in [6.07, 6.45) is 1.37. The molecule has 0 fully saturated rings. The first-order valence-electron chi connectivity index (χ1n) is 10.3. The van der Waals surface area contributed by atoms with Gasteiger partial charge in [-0.3, -0.25) is 10.1 Å². The lowest BCUT2D eigenvalue weighted by Crippen LogP contribution is -2.14. The summed E-state index contributed by atoms with van der Waals surface area (Å²) >= 11 is 0.715. The molecule has 0 bridgehead atoms. The minimum absolute atomic E-state index is 0.0257. The van der Waals surface area contributed by atoms with E-state index in [0.717, 1.165) is 5.75 Å². The van der Waals surface area contributed by atoms with E-state index in [1.165, 1.54) is 20.1 Å². The fraction of sp³-hybridized carbons (Fsp3) is 0.217. The predicted octanol–water partition coefficient (Wildman–Crippen LogP) is 3.34. The van der Waals surface area contributed by atoms with E-state index < -0.39 is 15.7 Å². The molecule has 1 amide bonds. The van der Waals surface area contributed by atoms with Crippen molar-refractivity contribution in [3.63, 3.8) is 0 Å². The van der Waals surface area contributed by atoms with Crippen LogP contribution in [-0.2, 0) is 14.6 Å². The van der Waals surface area contributed by atoms with E-state index in [-0.39, 0.29) is 28.2 Å². The molecule has 10 nitrogen and oxygen atoms in total. The molecule has 12 heteroatoms. The first-order valence-corrected chi connectivity index (χ1v) is 12.8. The number of anilines is 1. The average Bonchev–Trinajstić information content (AvgIpc) is 3.35. The Bertz CT molecular complexity index is 1350. The summed E-state index contributed by atoms with van der Waals surface area (Å²) in [5.74, 6) is 0.712. The van der Waals surface area contributed by atoms with Gasteiger partial charge in [0.05, 0.1) is 12.9 Å². The third kappa shape index (κ3) is 7.02. The van der Waals surface area contributed by atoms with Crippen LogP contribution < -0.4 is 19.5 Å². The molecule has 0 aliphatic heterocycles. The van der Waals surface area contributed by atoms with Crippen LogP contribution in [-0.4, -0.2) is 49.8 Å². The highest BCUT2D eigenvalue weighted by Crippen LogP contribution is 2.29. The maximum absolute atomic E-state index is 12.5. The number of carbonyl (C=O) groups excluding carboxylic acids is 1. The molecule has 0 spiro atoms. The van der Waals surface area contributed by atoms with Gasteiger partial charge in [-0.1, -0.05) is 31.2 Å². The predicted molar refractivity (Wildman–Crippen MR) is 130 cm³/mol. The number of nitriles is 1. The van der Waals surface area contributed by atoms with Gasteiger partial charge in [0.2, 0.25) is 15.0 Å². The quantitative estimate of drug-likeness (QED) is 0.232. The molecule has 182 valence electrons. The Balaban J connectivity index is 1.65. The van der Waals surface area contributed by atoms with Crippen molar-refractivity contribution in [2.45, 2.75) is 12.1 Å². The van der Waals surface area contributed by atoms with E-state index in [4.69, 9.17) is 14.2 Å². The summed E-state index contributed by atoms with van der Waals surface area (Å²) in [6, 6.07) is 16.1. The second-order valence-electron chi connectivity index (χ2n) is 6.83. The lowest BCUT2D eigenvalue weighted by Gasteiger charge is -2.12. The molecule has 0 saturated heterocycles. The number of para-hydroxylation sites is 1. The summed E-state index contributed by atoms with van der Waals surface area (Å²) < 4.78 is 44.1. The van der Waals surface area contributed by atoms with Gasteiger partial charge in [-0.2, -0.15) is 14.6 Å². The first-order chi connectivity index (χ1) is 16.9. The van der Waals surface area contributed by atoms with Gasteiger partial charge >= 0.3 is 0 Å². The molecule has 3 rings (SSSR count). The molecule has 0 radical (unpaired) electrons. The van der Waals surface area contributed by atoms with Crippen molar-refractivity contribution in [2.75, 3.05) is 31.4 Å². The van der Waals surface area contributed by atoms with E-state index in [2.05, 4.69) is 14.7 Å². The second kappa shape index (κ2) is 12.0. The minimum Gasteiger partial charge on any atom is -0.493 e. The molecule has 0 atom stereocenters. The van der Waals surface area contributed by atoms with Crippen molar-refractivity contribution in [1.29, 1.82) is 5.26 Å². The van der Waals surface area contributed by atoms with E-state index >= 15 is 0 Å². The van der Waals surface area contributed by atoms with Crippen molar-refractivity contribution >= 4 is 38.5 Å². The lowest BCUT2D eigenvalue weighted by molar-refractivity contribution is -0.112. The van der Waals surface area contributed by atoms with Crippen LogP contribution in [0.25, 0.3) is 6.08 Å². The maximum atomic E-state index is 12.5. The Labute approximate surface area is 206 Å². The molecule has 3 aromatic rings. The zero-order valence-corrected chi connectivity index (χ0v) is 20.6. The van der Waals surface area contributed by atoms with Crippen molar-refractivity contribution in [2.24, 2.45) is 0 Å². The van der Waals surface area contributed by atoms with E-state index in [9.17, 15) is 18.5 Å². The van der Waals surface area contributed by atoms with Gasteiger partial charge in [-0.25, -0.2) is 8.42 Å². The molecular formula is C23H22N4O6S2. The molecule has 0 unspecified atom stereocenters. The minimum atomic E-state index is -3.60. The summed E-state index contributed by atoms with van der Waals surface area (Å²) in [4.78, 5) is 16.3. The molecule has 2 aromatic carbocycles. The number of sulfone groups is 1. The SMILES string of the molecule is CCS(=O)(=O)c1nsc(NC(=O)C(C#N)=Cc2ccc(OCCOc3ccccc3)c(OC)c2)n1. The van der Waals surface area contributed by atoms with Crippen molar-refractivity contribution in [1.82, 2.24) is 9.36 Å². The Kier molecular flexibility index (Phi) is 8.77. The Morgan fingerprint density at radius 1 is 1.14 bits per heavy atom. The van der Waals surface area contributed by atoms with E-state index in [0.29, 0.717) is 35.2 Å². The van der Waals surface area contributed by atoms with Gasteiger partial charge in [-0.15, -0.1) is 0 Å². The molecule has 0 aliphatic rings. The Hall–Kier alpha value is -3.95. The highest BCUT2D eigenvalue weighted by molar-refractivity contribution is 7.91. The van der Waals surface area contributed by atoms with E-state index in [1.807, 2.05) is 36.4 Å². The molecule has 0 saturated carbocycles. The van der Waals surface area contributed by atoms with Gasteiger partial charge < -0.3 is 14.2 Å². The number of rotatable bonds is 11. The number of amides is 1. The molecular weight excluding hydrogens is 492 g/mol. The van der Waals surface area contributed by atoms with Crippen LogP contribution in [0.3, 0.4) is 0 Å². The topological polar surface area (TPSA) is 140 Å². The molecule has 1 heterocycles. The van der Waals surface area contributed by atoms with Crippen LogP contribution in [0.1, 0.15) is 12.5 Å². The molecule has 35 heavy (non-hydrogen) atoms. The van der Waals surface area contributed by atoms with E-state index in [1.54, 1.807) is 18.2 Å². The summed E-state index contributed by atoms with van der Waals surface area (Å²) in [5, 5.41) is 11.5. The Morgan fingerprint density at radius 2 is 1.89 bits per heavy atom. The molecule has 1 N–H and O–H groups in total. The summed E-state index contributed by atoms with van der Waals surface area (Å²) in [7, 11) is -2.12. The zero-order chi connectivity index (χ0) is 25.3. The van der Waals surface area contributed by atoms with Gasteiger partial charge in [0, 0.05) is 11.5 Å². The number of methoxy groups -OCH3 is 1. The lowest BCUT2D eigenvalue weighted by atomic mass is 10.1. The normalized spacial score (nSPS) is 11.4. The fourth-order valence-electron chi connectivity index (χ4n) is 2.72. The number of nitrogens with one attached hydrogen (secondary N) is 1. The van der Waals surface area contributed by atoms with Crippen LogP contribution in [0.5, 0.6) is 17.2 Å². The highest BCUT2D eigenvalue weighted by Gasteiger charge is 2.20. The number of hydrogen-bond acceptors (Lipinski definition) is 10. The third-order valence-corrected chi connectivity index (χ3v) is 6.75. The van der Waals surface area contributed by atoms with Crippen LogP contribution in [0.4, 0.5) is 5.13 Å². The summed E-state index contributed by atoms with van der Waals surface area (Å²) in [6.45, 7) is 2.08. The fourth-order valence-corrected chi connectivity index (χ4v) is 4.30. The largest absolute Gasteiger partial charge is 0.493 e. The second-order valence-corrected chi connectivity index (χ2v) is 9.75.